The first-order valence-electron chi connectivity index (χ1n) is 17.9. The summed E-state index contributed by atoms with van der Waals surface area (Å²) in [7, 11) is 0. The molecule has 0 fully saturated rings. The van der Waals surface area contributed by atoms with Gasteiger partial charge >= 0.3 is 5.97 Å². The molecule has 0 spiro atoms. The summed E-state index contributed by atoms with van der Waals surface area (Å²) in [5, 5.41) is 3.07. The molecule has 10 heteroatoms. The predicted octanol–water partition coefficient (Wildman–Crippen LogP) is 8.61. The fourth-order valence-corrected chi connectivity index (χ4v) is 7.00. The standard InChI is InChI=1S/C42H47N7O3/c1-8-29-25(4)33-20-34-28(7)32(13-15-42(51)52-10-3)40(47-34)23-39-31(12-14-41(50)44-16-11-18-49-19-17-43-24-49)27(6)36(48-39)22-38-30(9-2)26(5)35(46-38)21-37(29)45-33/h8-9,17,19-24,45-46H,1-2,10-16,18H2,3-7H3,(H,44,50). The number of amides is 1. The second kappa shape index (κ2) is 15.6. The molecule has 52 heavy (non-hydrogen) atoms. The normalized spacial score (nSPS) is 12.7. The summed E-state index contributed by atoms with van der Waals surface area (Å²) >= 11 is 0. The van der Waals surface area contributed by atoms with Crippen LogP contribution in [0.5, 0.6) is 0 Å². The summed E-state index contributed by atoms with van der Waals surface area (Å²) in [6.45, 7) is 20.0. The van der Waals surface area contributed by atoms with Gasteiger partial charge in [0.05, 0.1) is 35.7 Å². The van der Waals surface area contributed by atoms with E-state index < -0.39 is 0 Å². The number of nitrogens with one attached hydrogen (secondary N) is 3. The quantitative estimate of drug-likeness (QED) is 0.0948. The van der Waals surface area contributed by atoms with Gasteiger partial charge in [-0.15, -0.1) is 0 Å². The zero-order chi connectivity index (χ0) is 36.9. The highest BCUT2D eigenvalue weighted by atomic mass is 16.5. The number of aromatic amines is 2. The van der Waals surface area contributed by atoms with Crippen molar-refractivity contribution in [3.63, 3.8) is 0 Å². The maximum Gasteiger partial charge on any atom is 0.306 e. The van der Waals surface area contributed by atoms with Gasteiger partial charge in [-0.3, -0.25) is 9.59 Å². The maximum atomic E-state index is 13.1. The third kappa shape index (κ3) is 7.46. The Morgan fingerprint density at radius 2 is 1.38 bits per heavy atom. The van der Waals surface area contributed by atoms with Crippen LogP contribution in [-0.2, 0) is 20.9 Å². The Morgan fingerprint density at radius 1 is 0.808 bits per heavy atom. The molecule has 0 aromatic carbocycles. The van der Waals surface area contributed by atoms with E-state index in [1.165, 1.54) is 0 Å². The topological polar surface area (TPSA) is 131 Å². The highest BCUT2D eigenvalue weighted by Gasteiger charge is 2.23. The zero-order valence-electron chi connectivity index (χ0n) is 30.8. The van der Waals surface area contributed by atoms with Gasteiger partial charge in [0.2, 0.25) is 5.91 Å². The predicted molar refractivity (Wildman–Crippen MR) is 211 cm³/mol. The number of carbonyl (C=O) groups is 2. The van der Waals surface area contributed by atoms with Crippen molar-refractivity contribution in [3.8, 4) is 0 Å². The molecule has 0 saturated carbocycles. The molecule has 6 heterocycles. The monoisotopic (exact) mass is 697 g/mol. The summed E-state index contributed by atoms with van der Waals surface area (Å²) in [6.07, 6.45) is 11.5. The minimum absolute atomic E-state index is 0.0103. The summed E-state index contributed by atoms with van der Waals surface area (Å²) < 4.78 is 7.27. The van der Waals surface area contributed by atoms with Crippen molar-refractivity contribution in [3.05, 3.63) is 101 Å². The molecule has 4 aromatic rings. The van der Waals surface area contributed by atoms with Crippen LogP contribution in [0.3, 0.4) is 0 Å². The van der Waals surface area contributed by atoms with Crippen LogP contribution in [0, 0.1) is 13.8 Å². The number of fused-ring (bicyclic) bond motifs is 8. The molecular formula is C42H47N7O3. The number of ether oxygens (including phenoxy) is 1. The van der Waals surface area contributed by atoms with E-state index in [1.807, 2.05) is 42.8 Å². The van der Waals surface area contributed by atoms with Gasteiger partial charge < -0.3 is 24.6 Å². The number of H-pyrrole nitrogens is 2. The van der Waals surface area contributed by atoms with Gasteiger partial charge in [-0.1, -0.05) is 25.3 Å². The fourth-order valence-electron chi connectivity index (χ4n) is 7.00. The van der Waals surface area contributed by atoms with Gasteiger partial charge in [0.15, 0.2) is 0 Å². The number of aromatic nitrogens is 6. The highest BCUT2D eigenvalue weighted by Crippen LogP contribution is 2.38. The highest BCUT2D eigenvalue weighted by molar-refractivity contribution is 5.97. The Labute approximate surface area is 304 Å². The van der Waals surface area contributed by atoms with Gasteiger partial charge in [-0.25, -0.2) is 15.0 Å². The van der Waals surface area contributed by atoms with E-state index in [1.54, 1.807) is 12.5 Å². The first-order valence-corrected chi connectivity index (χ1v) is 17.9. The first-order chi connectivity index (χ1) is 25.1. The van der Waals surface area contributed by atoms with Gasteiger partial charge in [0, 0.05) is 71.5 Å². The molecular weight excluding hydrogens is 651 g/mol. The molecule has 3 N–H and O–H groups in total. The van der Waals surface area contributed by atoms with Gasteiger partial charge in [-0.05, 0) is 112 Å². The first kappa shape index (κ1) is 36.0. The van der Waals surface area contributed by atoms with E-state index in [0.717, 1.165) is 102 Å². The molecule has 0 radical (unpaired) electrons. The third-order valence-electron chi connectivity index (χ3n) is 10.0. The lowest BCUT2D eigenvalue weighted by molar-refractivity contribution is -0.142. The van der Waals surface area contributed by atoms with Crippen molar-refractivity contribution >= 4 is 68.4 Å². The SMILES string of the molecule is C=Cc1c(C)c2cc3[nH]c(cc4nc(cc5nc(cc1[nH]2)C(C)=C5CCC(=O)NCCCn1ccnc1)C(CCC(=O)OCC)=C4C)c(C)c3C=C. The van der Waals surface area contributed by atoms with E-state index >= 15 is 0 Å². The van der Waals surface area contributed by atoms with Crippen LogP contribution in [0.4, 0.5) is 0 Å². The van der Waals surface area contributed by atoms with Crippen molar-refractivity contribution in [2.45, 2.75) is 73.3 Å². The van der Waals surface area contributed by atoms with Crippen LogP contribution in [0.1, 0.15) is 97.9 Å². The number of hydrogen-bond donors (Lipinski definition) is 3. The molecule has 8 bridgehead atoms. The second-order valence-corrected chi connectivity index (χ2v) is 13.2. The summed E-state index contributed by atoms with van der Waals surface area (Å²) in [5.74, 6) is -0.257. The number of nitrogens with zero attached hydrogens (tertiary/aromatic N) is 4. The Balaban J connectivity index is 1.48. The second-order valence-electron chi connectivity index (χ2n) is 13.2. The van der Waals surface area contributed by atoms with Crippen molar-refractivity contribution in [2.75, 3.05) is 13.2 Å². The van der Waals surface area contributed by atoms with Gasteiger partial charge in [0.1, 0.15) is 0 Å². The van der Waals surface area contributed by atoms with Gasteiger partial charge in [-0.2, -0.15) is 0 Å². The lowest BCUT2D eigenvalue weighted by Crippen LogP contribution is -2.24. The van der Waals surface area contributed by atoms with Crippen molar-refractivity contribution < 1.29 is 14.3 Å². The molecule has 2 aliphatic heterocycles. The smallest absolute Gasteiger partial charge is 0.306 e. The van der Waals surface area contributed by atoms with Gasteiger partial charge in [0.25, 0.3) is 0 Å². The average molecular weight is 698 g/mol. The number of esters is 1. The lowest BCUT2D eigenvalue weighted by atomic mass is 9.98. The van der Waals surface area contributed by atoms with E-state index in [2.05, 4.69) is 72.4 Å². The number of rotatable bonds is 13. The largest absolute Gasteiger partial charge is 0.466 e. The molecule has 0 unspecified atom stereocenters. The molecule has 4 aromatic heterocycles. The molecule has 6 rings (SSSR count). The maximum absolute atomic E-state index is 13.1. The Bertz CT molecular complexity index is 2280. The number of allylic oxidation sites excluding steroid dienone is 4. The minimum Gasteiger partial charge on any atom is -0.466 e. The van der Waals surface area contributed by atoms with Crippen LogP contribution in [0.25, 0.3) is 56.5 Å². The fraction of sp³-hybridized carbons (Fsp3) is 0.310. The molecule has 2 aliphatic rings. The summed E-state index contributed by atoms with van der Waals surface area (Å²) in [6, 6.07) is 8.24. The molecule has 0 atom stereocenters. The average Bonchev–Trinajstić information content (AvgIpc) is 3.92. The number of imidazole rings is 1. The van der Waals surface area contributed by atoms with Crippen LogP contribution < -0.4 is 5.32 Å². The zero-order valence-corrected chi connectivity index (χ0v) is 30.8. The van der Waals surface area contributed by atoms with Crippen molar-refractivity contribution in [1.29, 1.82) is 0 Å². The molecule has 0 aliphatic carbocycles. The van der Waals surface area contributed by atoms with E-state index in [-0.39, 0.29) is 18.3 Å². The number of hydrogen-bond acceptors (Lipinski definition) is 6. The third-order valence-corrected chi connectivity index (χ3v) is 10.0. The number of aryl methyl sites for hydroxylation is 3. The Hall–Kier alpha value is -5.77. The van der Waals surface area contributed by atoms with E-state index in [4.69, 9.17) is 14.7 Å². The molecule has 268 valence electrons. The van der Waals surface area contributed by atoms with Crippen molar-refractivity contribution in [1.82, 2.24) is 34.8 Å². The van der Waals surface area contributed by atoms with Crippen LogP contribution >= 0.6 is 0 Å². The molecule has 0 saturated heterocycles. The Kier molecular flexibility index (Phi) is 10.8. The van der Waals surface area contributed by atoms with E-state index in [9.17, 15) is 9.59 Å². The Morgan fingerprint density at radius 3 is 1.96 bits per heavy atom. The van der Waals surface area contributed by atoms with Crippen molar-refractivity contribution in [2.24, 2.45) is 0 Å². The summed E-state index contributed by atoms with van der Waals surface area (Å²) in [5.41, 5.74) is 14.9. The van der Waals surface area contributed by atoms with Crippen LogP contribution in [0.15, 0.2) is 56.1 Å². The molecule has 1 amide bonds. The minimum atomic E-state index is -0.247. The van der Waals surface area contributed by atoms with Crippen LogP contribution in [0.2, 0.25) is 0 Å². The number of carbonyl (C=O) groups excluding carboxylic acids is 2. The van der Waals surface area contributed by atoms with E-state index in [0.29, 0.717) is 32.4 Å². The van der Waals surface area contributed by atoms with Crippen LogP contribution in [-0.4, -0.2) is 54.5 Å². The molecule has 10 nitrogen and oxygen atoms in total. The lowest BCUT2D eigenvalue weighted by Gasteiger charge is -2.08. The summed E-state index contributed by atoms with van der Waals surface area (Å²) in [4.78, 5) is 47.2.